The molecule has 0 aromatic carbocycles. The number of rotatable bonds is 1. The number of hydrogen-bond donors (Lipinski definition) is 1. The highest BCUT2D eigenvalue weighted by atomic mass is 79.9. The van der Waals surface area contributed by atoms with E-state index < -0.39 is 0 Å². The van der Waals surface area contributed by atoms with Gasteiger partial charge in [0.25, 0.3) is 0 Å². The molecule has 0 heterocycles. The molecule has 0 spiro atoms. The van der Waals surface area contributed by atoms with E-state index in [1.165, 1.54) is 16.5 Å². The van der Waals surface area contributed by atoms with Crippen molar-refractivity contribution < 1.29 is 5.11 Å². The van der Waals surface area contributed by atoms with Crippen molar-refractivity contribution >= 4 is 15.9 Å². The molecule has 2 bridgehead atoms. The van der Waals surface area contributed by atoms with Gasteiger partial charge in [-0.25, -0.2) is 0 Å². The van der Waals surface area contributed by atoms with Crippen LogP contribution in [0.3, 0.4) is 0 Å². The number of hydrogen-bond acceptors (Lipinski definition) is 1. The largest absolute Gasteiger partial charge is 0.395 e. The van der Waals surface area contributed by atoms with E-state index in [0.29, 0.717) is 18.3 Å². The zero-order valence-electron chi connectivity index (χ0n) is 7.26. The Morgan fingerprint density at radius 1 is 1.46 bits per heavy atom. The molecule has 0 aliphatic heterocycles. The van der Waals surface area contributed by atoms with Gasteiger partial charge in [0.1, 0.15) is 0 Å². The maximum atomic E-state index is 8.59. The van der Waals surface area contributed by atoms with Gasteiger partial charge in [-0.1, -0.05) is 39.9 Å². The number of allylic oxidation sites excluding steroid dienone is 4. The molecular formula is C11H11BrO. The molecule has 0 fully saturated rings. The standard InChI is InChI=1S/C11H11BrO/c12-11-9-5-4-8(7-9)10(11)3-1-2-6-13/h4-5,8-9,13H,2,6-7H2. The lowest BCUT2D eigenvalue weighted by Crippen LogP contribution is -1.92. The molecule has 1 N–H and O–H groups in total. The SMILES string of the molecule is OCCC#CC1=C(Br)C2C=CC1C2. The molecule has 0 aromatic rings. The highest BCUT2D eigenvalue weighted by molar-refractivity contribution is 9.11. The summed E-state index contributed by atoms with van der Waals surface area (Å²) in [5.74, 6) is 7.21. The van der Waals surface area contributed by atoms with Crippen LogP contribution in [-0.2, 0) is 0 Å². The van der Waals surface area contributed by atoms with Crippen molar-refractivity contribution in [3.63, 3.8) is 0 Å². The van der Waals surface area contributed by atoms with Crippen LogP contribution in [0, 0.1) is 23.7 Å². The van der Waals surface area contributed by atoms with Gasteiger partial charge in [0.2, 0.25) is 0 Å². The first kappa shape index (κ1) is 9.05. The maximum Gasteiger partial charge on any atom is 0.0540 e. The van der Waals surface area contributed by atoms with E-state index in [1.807, 2.05) is 0 Å². The van der Waals surface area contributed by atoms with Gasteiger partial charge < -0.3 is 5.11 Å². The predicted molar refractivity (Wildman–Crippen MR) is 56.2 cm³/mol. The first-order chi connectivity index (χ1) is 6.33. The Balaban J connectivity index is 2.13. The highest BCUT2D eigenvalue weighted by Crippen LogP contribution is 2.45. The van der Waals surface area contributed by atoms with Crippen LogP contribution in [0.4, 0.5) is 0 Å². The van der Waals surface area contributed by atoms with Crippen molar-refractivity contribution in [3.05, 3.63) is 22.2 Å². The van der Waals surface area contributed by atoms with Gasteiger partial charge >= 0.3 is 0 Å². The normalized spacial score (nSPS) is 29.4. The average Bonchev–Trinajstić information content (AvgIpc) is 2.69. The fourth-order valence-electron chi connectivity index (χ4n) is 1.84. The van der Waals surface area contributed by atoms with E-state index in [-0.39, 0.29) is 6.61 Å². The second-order valence-electron chi connectivity index (χ2n) is 3.37. The summed E-state index contributed by atoms with van der Waals surface area (Å²) in [4.78, 5) is 0. The summed E-state index contributed by atoms with van der Waals surface area (Å²) >= 11 is 3.58. The molecule has 2 unspecified atom stereocenters. The first-order valence-electron chi connectivity index (χ1n) is 4.50. The topological polar surface area (TPSA) is 20.2 Å². The molecule has 0 saturated carbocycles. The zero-order valence-corrected chi connectivity index (χ0v) is 8.84. The molecule has 2 atom stereocenters. The monoisotopic (exact) mass is 238 g/mol. The third-order valence-electron chi connectivity index (χ3n) is 2.50. The molecule has 0 amide bonds. The average molecular weight is 239 g/mol. The van der Waals surface area contributed by atoms with Crippen molar-refractivity contribution in [2.24, 2.45) is 11.8 Å². The van der Waals surface area contributed by atoms with E-state index >= 15 is 0 Å². The Bertz CT molecular complexity index is 330. The van der Waals surface area contributed by atoms with E-state index in [0.717, 1.165) is 0 Å². The summed E-state index contributed by atoms with van der Waals surface area (Å²) in [6.07, 6.45) is 6.24. The minimum Gasteiger partial charge on any atom is -0.395 e. The maximum absolute atomic E-state index is 8.59. The van der Waals surface area contributed by atoms with E-state index in [4.69, 9.17) is 5.11 Å². The third-order valence-corrected chi connectivity index (χ3v) is 3.51. The number of aliphatic hydroxyl groups excluding tert-OH is 1. The molecule has 2 aliphatic carbocycles. The van der Waals surface area contributed by atoms with Gasteiger partial charge in [-0.2, -0.15) is 0 Å². The molecule has 2 aliphatic rings. The summed E-state index contributed by atoms with van der Waals surface area (Å²) in [6, 6.07) is 0. The summed E-state index contributed by atoms with van der Waals surface area (Å²) < 4.78 is 1.26. The molecule has 0 radical (unpaired) electrons. The molecule has 1 nitrogen and oxygen atoms in total. The van der Waals surface area contributed by atoms with Crippen molar-refractivity contribution in [1.29, 1.82) is 0 Å². The molecule has 2 rings (SSSR count). The highest BCUT2D eigenvalue weighted by Gasteiger charge is 2.32. The van der Waals surface area contributed by atoms with Gasteiger partial charge in [-0.05, 0) is 6.42 Å². The molecular weight excluding hydrogens is 228 g/mol. The van der Waals surface area contributed by atoms with Crippen molar-refractivity contribution in [3.8, 4) is 11.8 Å². The van der Waals surface area contributed by atoms with Crippen LogP contribution in [0.2, 0.25) is 0 Å². The number of fused-ring (bicyclic) bond motifs is 2. The third kappa shape index (κ3) is 1.59. The lowest BCUT2D eigenvalue weighted by molar-refractivity contribution is 0.305. The number of halogens is 1. The Morgan fingerprint density at radius 2 is 2.23 bits per heavy atom. The van der Waals surface area contributed by atoms with Gasteiger partial charge in [-0.15, -0.1) is 0 Å². The van der Waals surface area contributed by atoms with Crippen LogP contribution in [0.1, 0.15) is 12.8 Å². The van der Waals surface area contributed by atoms with Crippen LogP contribution in [0.5, 0.6) is 0 Å². The Labute approximate surface area is 86.7 Å². The molecule has 0 aromatic heterocycles. The second kappa shape index (κ2) is 3.69. The minimum atomic E-state index is 0.155. The molecule has 13 heavy (non-hydrogen) atoms. The van der Waals surface area contributed by atoms with Crippen molar-refractivity contribution in [2.45, 2.75) is 12.8 Å². The second-order valence-corrected chi connectivity index (χ2v) is 4.22. The Morgan fingerprint density at radius 3 is 2.85 bits per heavy atom. The fraction of sp³-hybridized carbons (Fsp3) is 0.455. The zero-order chi connectivity index (χ0) is 9.26. The Hall–Kier alpha value is -0.520. The predicted octanol–water partition coefficient (Wildman–Crippen LogP) is 2.23. The van der Waals surface area contributed by atoms with E-state index in [1.54, 1.807) is 0 Å². The molecule has 2 heteroatoms. The van der Waals surface area contributed by atoms with Crippen molar-refractivity contribution in [1.82, 2.24) is 0 Å². The van der Waals surface area contributed by atoms with Crippen LogP contribution >= 0.6 is 15.9 Å². The fourth-order valence-corrected chi connectivity index (χ4v) is 2.58. The summed E-state index contributed by atoms with van der Waals surface area (Å²) in [7, 11) is 0. The lowest BCUT2D eigenvalue weighted by atomic mass is 10.0. The minimum absolute atomic E-state index is 0.155. The van der Waals surface area contributed by atoms with E-state index in [2.05, 4.69) is 39.9 Å². The van der Waals surface area contributed by atoms with Gasteiger partial charge in [0.05, 0.1) is 6.61 Å². The van der Waals surface area contributed by atoms with Gasteiger partial charge in [0.15, 0.2) is 0 Å². The van der Waals surface area contributed by atoms with Crippen LogP contribution < -0.4 is 0 Å². The van der Waals surface area contributed by atoms with Gasteiger partial charge in [0, 0.05) is 28.3 Å². The summed E-state index contributed by atoms with van der Waals surface area (Å²) in [5, 5.41) is 8.59. The molecule has 68 valence electrons. The van der Waals surface area contributed by atoms with Crippen LogP contribution in [0.25, 0.3) is 0 Å². The van der Waals surface area contributed by atoms with Crippen molar-refractivity contribution in [2.75, 3.05) is 6.61 Å². The summed E-state index contributed by atoms with van der Waals surface area (Å²) in [6.45, 7) is 0.155. The summed E-state index contributed by atoms with van der Waals surface area (Å²) in [5.41, 5.74) is 1.22. The molecule has 0 saturated heterocycles. The first-order valence-corrected chi connectivity index (χ1v) is 5.30. The van der Waals surface area contributed by atoms with Crippen LogP contribution in [-0.4, -0.2) is 11.7 Å². The van der Waals surface area contributed by atoms with E-state index in [9.17, 15) is 0 Å². The Kier molecular flexibility index (Phi) is 2.57. The van der Waals surface area contributed by atoms with Gasteiger partial charge in [-0.3, -0.25) is 0 Å². The number of aliphatic hydroxyl groups is 1. The van der Waals surface area contributed by atoms with Crippen LogP contribution in [0.15, 0.2) is 22.2 Å². The smallest absolute Gasteiger partial charge is 0.0540 e. The quantitative estimate of drug-likeness (QED) is 0.549. The lowest BCUT2D eigenvalue weighted by Gasteiger charge is -2.04.